The van der Waals surface area contributed by atoms with Crippen molar-refractivity contribution in [3.63, 3.8) is 0 Å². The smallest absolute Gasteiger partial charge is 0.177 e. The number of benzene rings is 2. The summed E-state index contributed by atoms with van der Waals surface area (Å²) >= 11 is 0. The molecule has 25 heavy (non-hydrogen) atoms. The molecule has 0 saturated carbocycles. The monoisotopic (exact) mass is 334 g/mol. The molecule has 2 aromatic carbocycles. The van der Waals surface area contributed by atoms with Crippen LogP contribution in [0.25, 0.3) is 0 Å². The van der Waals surface area contributed by atoms with Crippen LogP contribution < -0.4 is 4.90 Å². The third-order valence-corrected chi connectivity index (χ3v) is 4.63. The van der Waals surface area contributed by atoms with E-state index in [1.54, 1.807) is 0 Å². The maximum atomic E-state index is 5.94. The van der Waals surface area contributed by atoms with Crippen LogP contribution in [-0.2, 0) is 11.3 Å². The molecule has 4 rings (SSSR count). The van der Waals surface area contributed by atoms with Crippen molar-refractivity contribution in [1.82, 2.24) is 15.0 Å². The lowest BCUT2D eigenvalue weighted by Gasteiger charge is -2.23. The fraction of sp³-hybridized carbons (Fsp3) is 0.300. The highest BCUT2D eigenvalue weighted by Gasteiger charge is 2.29. The van der Waals surface area contributed by atoms with Gasteiger partial charge in [0.05, 0.1) is 19.3 Å². The third kappa shape index (κ3) is 3.28. The quantitative estimate of drug-likeness (QED) is 0.733. The molecule has 1 aliphatic heterocycles. The Morgan fingerprint density at radius 3 is 2.84 bits per heavy atom. The van der Waals surface area contributed by atoms with Crippen molar-refractivity contribution in [1.29, 1.82) is 0 Å². The predicted octanol–water partition coefficient (Wildman–Crippen LogP) is 3.48. The largest absolute Gasteiger partial charge is 0.350 e. The number of anilines is 1. The summed E-state index contributed by atoms with van der Waals surface area (Å²) in [7, 11) is 0. The second-order valence-electron chi connectivity index (χ2n) is 6.52. The average Bonchev–Trinajstić information content (AvgIpc) is 3.26. The van der Waals surface area contributed by atoms with Crippen LogP contribution in [0.4, 0.5) is 5.69 Å². The number of aromatic nitrogens is 3. The van der Waals surface area contributed by atoms with Crippen LogP contribution in [0.5, 0.6) is 0 Å². The zero-order valence-electron chi connectivity index (χ0n) is 14.6. The van der Waals surface area contributed by atoms with Crippen molar-refractivity contribution in [2.24, 2.45) is 0 Å². The molecular weight excluding hydrogens is 312 g/mol. The molecule has 2 heterocycles. The van der Waals surface area contributed by atoms with Gasteiger partial charge in [-0.15, -0.1) is 5.10 Å². The lowest BCUT2D eigenvalue weighted by Crippen LogP contribution is -2.23. The minimum absolute atomic E-state index is 0.174. The molecule has 1 saturated heterocycles. The van der Waals surface area contributed by atoms with E-state index in [0.29, 0.717) is 6.61 Å². The molecule has 1 atom stereocenters. The summed E-state index contributed by atoms with van der Waals surface area (Å²) in [5.74, 6) is 0. The Morgan fingerprint density at radius 2 is 2.00 bits per heavy atom. The van der Waals surface area contributed by atoms with Crippen LogP contribution in [-0.4, -0.2) is 28.1 Å². The standard InChI is InChI=1S/C20H22N4O/c1-15-6-5-9-18(12-15)24-10-11-25-20(24)19-14-23(22-21-19)13-17-8-4-3-7-16(17)2/h3-9,12,14,20H,10-11,13H2,1-2H3/t20-/m0/s1. The first-order valence-corrected chi connectivity index (χ1v) is 8.60. The highest BCUT2D eigenvalue weighted by molar-refractivity contribution is 5.50. The fourth-order valence-electron chi connectivity index (χ4n) is 3.25. The van der Waals surface area contributed by atoms with Gasteiger partial charge in [0.25, 0.3) is 0 Å². The Balaban J connectivity index is 1.56. The van der Waals surface area contributed by atoms with E-state index in [1.807, 2.05) is 10.9 Å². The molecule has 128 valence electrons. The summed E-state index contributed by atoms with van der Waals surface area (Å²) in [5.41, 5.74) is 5.77. The van der Waals surface area contributed by atoms with E-state index in [4.69, 9.17) is 4.74 Å². The minimum atomic E-state index is -0.174. The fourth-order valence-corrected chi connectivity index (χ4v) is 3.25. The van der Waals surface area contributed by atoms with Crippen LogP contribution in [0.1, 0.15) is 28.6 Å². The summed E-state index contributed by atoms with van der Waals surface area (Å²) in [6.07, 6.45) is 1.82. The predicted molar refractivity (Wildman–Crippen MR) is 97.5 cm³/mol. The van der Waals surface area contributed by atoms with E-state index in [-0.39, 0.29) is 6.23 Å². The molecule has 0 radical (unpaired) electrons. The molecule has 1 aliphatic rings. The molecule has 0 N–H and O–H groups in total. The van der Waals surface area contributed by atoms with E-state index in [1.165, 1.54) is 16.7 Å². The minimum Gasteiger partial charge on any atom is -0.350 e. The van der Waals surface area contributed by atoms with Gasteiger partial charge in [0.15, 0.2) is 6.23 Å². The third-order valence-electron chi connectivity index (χ3n) is 4.63. The van der Waals surface area contributed by atoms with Crippen LogP contribution in [0.2, 0.25) is 0 Å². The number of nitrogens with zero attached hydrogens (tertiary/aromatic N) is 4. The molecule has 0 amide bonds. The average molecular weight is 334 g/mol. The van der Waals surface area contributed by atoms with Crippen molar-refractivity contribution < 1.29 is 4.74 Å². The van der Waals surface area contributed by atoms with Crippen molar-refractivity contribution in [3.8, 4) is 0 Å². The van der Waals surface area contributed by atoms with E-state index in [0.717, 1.165) is 24.5 Å². The lowest BCUT2D eigenvalue weighted by atomic mass is 10.1. The summed E-state index contributed by atoms with van der Waals surface area (Å²) in [4.78, 5) is 2.25. The van der Waals surface area contributed by atoms with Crippen molar-refractivity contribution >= 4 is 5.69 Å². The zero-order valence-corrected chi connectivity index (χ0v) is 14.6. The Hall–Kier alpha value is -2.66. The maximum absolute atomic E-state index is 5.94. The van der Waals surface area contributed by atoms with Gasteiger partial charge >= 0.3 is 0 Å². The van der Waals surface area contributed by atoms with Crippen molar-refractivity contribution in [2.45, 2.75) is 26.6 Å². The zero-order chi connectivity index (χ0) is 17.2. The van der Waals surface area contributed by atoms with Gasteiger partial charge in [0.2, 0.25) is 0 Å². The number of hydrogen-bond acceptors (Lipinski definition) is 4. The van der Waals surface area contributed by atoms with Gasteiger partial charge in [0.1, 0.15) is 5.69 Å². The van der Waals surface area contributed by atoms with E-state index in [2.05, 4.69) is 77.6 Å². The topological polar surface area (TPSA) is 43.2 Å². The molecule has 3 aromatic rings. The summed E-state index contributed by atoms with van der Waals surface area (Å²) in [5, 5.41) is 8.67. The molecule has 0 aliphatic carbocycles. The van der Waals surface area contributed by atoms with E-state index >= 15 is 0 Å². The lowest BCUT2D eigenvalue weighted by molar-refractivity contribution is 0.110. The molecule has 0 unspecified atom stereocenters. The second-order valence-corrected chi connectivity index (χ2v) is 6.52. The highest BCUT2D eigenvalue weighted by Crippen LogP contribution is 2.31. The van der Waals surface area contributed by atoms with Gasteiger partial charge in [-0.1, -0.05) is 41.6 Å². The van der Waals surface area contributed by atoms with Gasteiger partial charge in [-0.05, 0) is 42.7 Å². The van der Waals surface area contributed by atoms with Gasteiger partial charge in [0, 0.05) is 12.2 Å². The van der Waals surface area contributed by atoms with Gasteiger partial charge in [-0.3, -0.25) is 0 Å². The van der Waals surface area contributed by atoms with Gasteiger partial charge in [-0.2, -0.15) is 0 Å². The van der Waals surface area contributed by atoms with Crippen LogP contribution in [0.15, 0.2) is 54.7 Å². The first-order chi connectivity index (χ1) is 12.2. The Kier molecular flexibility index (Phi) is 4.24. The SMILES string of the molecule is Cc1cccc(N2CCO[C@H]2c2cn(Cc3ccccc3C)nn2)c1. The molecule has 5 heteroatoms. The molecular formula is C20H22N4O. The second kappa shape index (κ2) is 6.69. The molecule has 5 nitrogen and oxygen atoms in total. The number of hydrogen-bond donors (Lipinski definition) is 0. The Bertz CT molecular complexity index is 873. The molecule has 1 fully saturated rings. The normalized spacial score (nSPS) is 17.2. The summed E-state index contributed by atoms with van der Waals surface area (Å²) < 4.78 is 7.83. The number of rotatable bonds is 4. The van der Waals surface area contributed by atoms with Crippen LogP contribution in [0.3, 0.4) is 0 Å². The van der Waals surface area contributed by atoms with E-state index in [9.17, 15) is 0 Å². The highest BCUT2D eigenvalue weighted by atomic mass is 16.5. The summed E-state index contributed by atoms with van der Waals surface area (Å²) in [6.45, 7) is 6.50. The molecule has 1 aromatic heterocycles. The number of aryl methyl sites for hydroxylation is 2. The molecule has 0 bridgehead atoms. The first kappa shape index (κ1) is 15.8. The van der Waals surface area contributed by atoms with E-state index < -0.39 is 0 Å². The van der Waals surface area contributed by atoms with Crippen molar-refractivity contribution in [3.05, 3.63) is 77.1 Å². The Labute approximate surface area is 147 Å². The van der Waals surface area contributed by atoms with Crippen LogP contribution in [0, 0.1) is 13.8 Å². The number of ether oxygens (including phenoxy) is 1. The van der Waals surface area contributed by atoms with Gasteiger partial charge in [-0.25, -0.2) is 4.68 Å². The molecule has 0 spiro atoms. The maximum Gasteiger partial charge on any atom is 0.177 e. The first-order valence-electron chi connectivity index (χ1n) is 8.60. The van der Waals surface area contributed by atoms with Crippen molar-refractivity contribution in [2.75, 3.05) is 18.1 Å². The van der Waals surface area contributed by atoms with Gasteiger partial charge < -0.3 is 9.64 Å². The Morgan fingerprint density at radius 1 is 1.12 bits per heavy atom. The van der Waals surface area contributed by atoms with Crippen LogP contribution >= 0.6 is 0 Å². The summed E-state index contributed by atoms with van der Waals surface area (Å²) in [6, 6.07) is 16.8.